The van der Waals surface area contributed by atoms with Gasteiger partial charge in [-0.25, -0.2) is 0 Å². The number of benzene rings is 1. The largest absolute Gasteiger partial charge is 0.480 e. The van der Waals surface area contributed by atoms with Crippen LogP contribution in [0.15, 0.2) is 24.2 Å². The maximum atomic E-state index is 12.0. The highest BCUT2D eigenvalue weighted by molar-refractivity contribution is 6.02. The third-order valence-electron chi connectivity index (χ3n) is 1.63. The number of nitrogens with two attached hydrogens (primary N) is 2. The lowest BCUT2D eigenvalue weighted by molar-refractivity contribution is -0.138. The number of ketones is 1. The van der Waals surface area contributed by atoms with Gasteiger partial charge in [0, 0.05) is 20.4 Å². The van der Waals surface area contributed by atoms with Crippen molar-refractivity contribution in [2.45, 2.75) is 12.4 Å². The number of rotatable bonds is 4. The molecule has 0 aliphatic carbocycles. The predicted molar refractivity (Wildman–Crippen MR) is 55.4 cm³/mol. The Morgan fingerprint density at radius 2 is 2.33 bits per heavy atom. The van der Waals surface area contributed by atoms with Gasteiger partial charge in [0.2, 0.25) is 0 Å². The summed E-state index contributed by atoms with van der Waals surface area (Å²) in [6.07, 6.45) is -2.89. The first-order valence-electron chi connectivity index (χ1n) is 5.99. The van der Waals surface area contributed by atoms with Gasteiger partial charge in [0.05, 0.1) is 2.74 Å². The molecule has 15 heavy (non-hydrogen) atoms. The van der Waals surface area contributed by atoms with Crippen LogP contribution in [0.3, 0.4) is 0 Å². The lowest BCUT2D eigenvalue weighted by Crippen LogP contribution is -2.32. The van der Waals surface area contributed by atoms with E-state index in [0.717, 1.165) is 12.1 Å². The molecular weight excluding hydrogens is 196 g/mol. The second-order valence-electron chi connectivity index (χ2n) is 2.72. The Hall–Kier alpha value is -1.88. The molecule has 0 fully saturated rings. The van der Waals surface area contributed by atoms with E-state index in [-0.39, 0.29) is 17.8 Å². The third kappa shape index (κ3) is 2.78. The number of Topliss-reactive ketones (excluding diaryl/α,β-unsaturated/α-hetero) is 1. The lowest BCUT2D eigenvalue weighted by atomic mass is 10.0. The Morgan fingerprint density at radius 1 is 1.67 bits per heavy atom. The predicted octanol–water partition coefficient (Wildman–Crippen LogP) is 0.253. The number of carboxylic acids is 1. The van der Waals surface area contributed by atoms with Crippen LogP contribution in [-0.2, 0) is 4.79 Å². The molecule has 1 atom stereocenters. The van der Waals surface area contributed by atoms with Gasteiger partial charge in [0.25, 0.3) is 0 Å². The summed E-state index contributed by atoms with van der Waals surface area (Å²) in [5, 5.41) is 8.67. The Morgan fingerprint density at radius 3 is 2.93 bits per heavy atom. The summed E-state index contributed by atoms with van der Waals surface area (Å²) in [6.45, 7) is 0. The van der Waals surface area contributed by atoms with Crippen molar-refractivity contribution >= 4 is 17.4 Å². The van der Waals surface area contributed by atoms with Crippen molar-refractivity contribution < 1.29 is 20.2 Å². The summed E-state index contributed by atoms with van der Waals surface area (Å²) in [6, 6.07) is -0.526. The molecular formula is C10H12N2O3. The smallest absolute Gasteiger partial charge is 0.320 e. The molecule has 5 N–H and O–H groups in total. The molecule has 0 saturated heterocycles. The van der Waals surface area contributed by atoms with E-state index in [1.807, 2.05) is 0 Å². The number of hydrogen-bond donors (Lipinski definition) is 3. The van der Waals surface area contributed by atoms with Crippen LogP contribution in [0.25, 0.3) is 0 Å². The number of anilines is 1. The van der Waals surface area contributed by atoms with E-state index >= 15 is 0 Å². The number of carbonyl (C=O) groups is 2. The van der Waals surface area contributed by atoms with Gasteiger partial charge in [0.15, 0.2) is 5.78 Å². The monoisotopic (exact) mass is 212 g/mol. The SMILES string of the molecule is [2H]c1cc([2H])c(N)c(C(=O)C([2H])([2H])[C@H](N)C(=O)O)c1. The zero-order valence-corrected chi connectivity index (χ0v) is 7.65. The maximum absolute atomic E-state index is 12.0. The average molecular weight is 212 g/mol. The van der Waals surface area contributed by atoms with Crippen molar-refractivity contribution in [3.63, 3.8) is 0 Å². The van der Waals surface area contributed by atoms with E-state index in [0.29, 0.717) is 0 Å². The lowest BCUT2D eigenvalue weighted by Gasteiger charge is -2.07. The Kier molecular flexibility index (Phi) is 2.00. The van der Waals surface area contributed by atoms with Crippen LogP contribution in [-0.4, -0.2) is 22.9 Å². The van der Waals surface area contributed by atoms with Crippen LogP contribution in [0.1, 0.15) is 22.2 Å². The Balaban J connectivity index is 3.31. The zero-order chi connectivity index (χ0) is 15.0. The highest BCUT2D eigenvalue weighted by Gasteiger charge is 2.18. The maximum Gasteiger partial charge on any atom is 0.320 e. The molecule has 0 aromatic heterocycles. The molecule has 0 spiro atoms. The average Bonchev–Trinajstić information content (AvgIpc) is 2.31. The molecule has 1 aromatic carbocycles. The molecule has 0 aliphatic rings. The quantitative estimate of drug-likeness (QED) is 0.490. The zero-order valence-electron chi connectivity index (χ0n) is 11.7. The van der Waals surface area contributed by atoms with E-state index in [2.05, 4.69) is 0 Å². The fraction of sp³-hybridized carbons (Fsp3) is 0.200. The van der Waals surface area contributed by atoms with Crippen molar-refractivity contribution in [2.75, 3.05) is 5.73 Å². The third-order valence-corrected chi connectivity index (χ3v) is 1.63. The number of carbonyl (C=O) groups excluding carboxylic acids is 1. The van der Waals surface area contributed by atoms with Crippen molar-refractivity contribution in [3.8, 4) is 0 Å². The van der Waals surface area contributed by atoms with Crippen molar-refractivity contribution in [3.05, 3.63) is 29.8 Å². The molecule has 0 saturated carbocycles. The highest BCUT2D eigenvalue weighted by Crippen LogP contribution is 2.13. The minimum absolute atomic E-state index is 0.206. The minimum Gasteiger partial charge on any atom is -0.480 e. The molecule has 1 rings (SSSR count). The van der Waals surface area contributed by atoms with Gasteiger partial charge in [0.1, 0.15) is 6.04 Å². The van der Waals surface area contributed by atoms with Gasteiger partial charge in [-0.1, -0.05) is 12.1 Å². The molecule has 0 unspecified atom stereocenters. The number of carboxylic acid groups (broad SMARTS) is 1. The topological polar surface area (TPSA) is 106 Å². The molecule has 0 aliphatic heterocycles. The van der Waals surface area contributed by atoms with Crippen LogP contribution < -0.4 is 11.5 Å². The fourth-order valence-electron chi connectivity index (χ4n) is 0.869. The summed E-state index contributed by atoms with van der Waals surface area (Å²) in [5.41, 5.74) is 9.87. The normalized spacial score (nSPS) is 16.9. The van der Waals surface area contributed by atoms with Crippen LogP contribution in [0.4, 0.5) is 5.69 Å². The van der Waals surface area contributed by atoms with Crippen molar-refractivity contribution in [1.82, 2.24) is 0 Å². The first-order chi connectivity index (χ1) is 8.59. The van der Waals surface area contributed by atoms with E-state index < -0.39 is 29.7 Å². The minimum atomic E-state index is -2.89. The van der Waals surface area contributed by atoms with Crippen LogP contribution >= 0.6 is 0 Å². The molecule has 0 bridgehead atoms. The van der Waals surface area contributed by atoms with E-state index in [9.17, 15) is 9.59 Å². The molecule has 0 radical (unpaired) electrons. The Bertz CT molecular complexity index is 548. The molecule has 5 heteroatoms. The first-order valence-corrected chi connectivity index (χ1v) is 3.99. The number of aliphatic carboxylic acids is 1. The first kappa shape index (κ1) is 6.58. The van der Waals surface area contributed by atoms with Gasteiger partial charge in [-0.15, -0.1) is 0 Å². The van der Waals surface area contributed by atoms with E-state index in [4.69, 9.17) is 22.1 Å². The standard InChI is InChI=1S/C10H12N2O3/c11-7-4-2-1-3-6(7)9(13)5-8(12)10(14)15/h1-4,8H,5,11-12H2,(H,14,15)/t8-/m0/s1/i1D,4D,5D2. The number of para-hydroxylation sites is 1. The molecule has 0 heterocycles. The van der Waals surface area contributed by atoms with Crippen LogP contribution in [0, 0.1) is 0 Å². The van der Waals surface area contributed by atoms with Gasteiger partial charge in [-0.3, -0.25) is 9.59 Å². The summed E-state index contributed by atoms with van der Waals surface area (Å²) in [4.78, 5) is 22.7. The van der Waals surface area contributed by atoms with E-state index in [1.165, 1.54) is 0 Å². The molecule has 0 amide bonds. The molecule has 5 nitrogen and oxygen atoms in total. The number of hydrogen-bond acceptors (Lipinski definition) is 4. The van der Waals surface area contributed by atoms with Gasteiger partial charge < -0.3 is 16.6 Å². The number of nitrogen functional groups attached to an aromatic ring is 1. The van der Waals surface area contributed by atoms with Crippen LogP contribution in [0.5, 0.6) is 0 Å². The van der Waals surface area contributed by atoms with Crippen molar-refractivity contribution in [1.29, 1.82) is 0 Å². The summed E-state index contributed by atoms with van der Waals surface area (Å²) < 4.78 is 29.7. The molecule has 80 valence electrons. The second-order valence-corrected chi connectivity index (χ2v) is 2.72. The summed E-state index contributed by atoms with van der Waals surface area (Å²) >= 11 is 0. The van der Waals surface area contributed by atoms with E-state index in [1.54, 1.807) is 0 Å². The second kappa shape index (κ2) is 4.56. The van der Waals surface area contributed by atoms with Gasteiger partial charge >= 0.3 is 5.97 Å². The molecule has 1 aromatic rings. The summed E-state index contributed by atoms with van der Waals surface area (Å²) in [7, 11) is 0. The summed E-state index contributed by atoms with van der Waals surface area (Å²) in [5.74, 6) is -2.94. The highest BCUT2D eigenvalue weighted by atomic mass is 16.4. The van der Waals surface area contributed by atoms with Gasteiger partial charge in [-0.05, 0) is 12.1 Å². The fourth-order valence-corrected chi connectivity index (χ4v) is 0.869. The van der Waals surface area contributed by atoms with Crippen molar-refractivity contribution in [2.24, 2.45) is 5.73 Å². The Labute approximate surface area is 92.3 Å². The van der Waals surface area contributed by atoms with Gasteiger partial charge in [-0.2, -0.15) is 0 Å². The van der Waals surface area contributed by atoms with Crippen LogP contribution in [0.2, 0.25) is 0 Å².